The van der Waals surface area contributed by atoms with Gasteiger partial charge >= 0.3 is 0 Å². The van der Waals surface area contributed by atoms with E-state index in [1.807, 2.05) is 105 Å². The highest BCUT2D eigenvalue weighted by Crippen LogP contribution is 2.31. The summed E-state index contributed by atoms with van der Waals surface area (Å²) in [7, 11) is 0. The Morgan fingerprint density at radius 3 is 1.39 bits per heavy atom. The zero-order valence-electron chi connectivity index (χ0n) is 20.7. The molecule has 0 aliphatic rings. The summed E-state index contributed by atoms with van der Waals surface area (Å²) in [5.41, 5.74) is 9.71. The number of rotatable bonds is 4. The van der Waals surface area contributed by atoms with Crippen molar-refractivity contribution in [1.82, 2.24) is 24.9 Å². The minimum absolute atomic E-state index is 0.534. The minimum atomic E-state index is 0.534. The summed E-state index contributed by atoms with van der Waals surface area (Å²) in [6.07, 6.45) is 0. The van der Waals surface area contributed by atoms with Crippen LogP contribution in [-0.4, -0.2) is 24.9 Å². The number of hydrogen-bond donors (Lipinski definition) is 0. The van der Waals surface area contributed by atoms with Gasteiger partial charge in [-0.05, 0) is 74.5 Å². The number of aromatic nitrogens is 5. The van der Waals surface area contributed by atoms with Crippen LogP contribution in [0.1, 0.15) is 11.4 Å². The summed E-state index contributed by atoms with van der Waals surface area (Å²) >= 11 is 0. The van der Waals surface area contributed by atoms with E-state index in [9.17, 15) is 0 Å². The SMILES string of the molecule is Cc1ccc2oc(-c3cccc(-c4cccc(-c5cccc(-c6nc7nc(C)ccc7o6)c5)n4)c3)nc2n1. The minimum Gasteiger partial charge on any atom is -0.434 e. The van der Waals surface area contributed by atoms with Gasteiger partial charge in [0.15, 0.2) is 22.5 Å². The average Bonchev–Trinajstić information content (AvgIpc) is 3.57. The summed E-state index contributed by atoms with van der Waals surface area (Å²) in [6.45, 7) is 3.88. The van der Waals surface area contributed by atoms with Crippen molar-refractivity contribution in [3.8, 4) is 45.4 Å². The predicted octanol–water partition coefficient (Wildman–Crippen LogP) is 7.44. The van der Waals surface area contributed by atoms with Crippen molar-refractivity contribution < 1.29 is 8.83 Å². The van der Waals surface area contributed by atoms with Crippen molar-refractivity contribution in [2.75, 3.05) is 0 Å². The molecule has 2 aromatic carbocycles. The molecule has 0 unspecified atom stereocenters. The molecule has 0 fully saturated rings. The fourth-order valence-corrected chi connectivity index (χ4v) is 4.45. The third-order valence-corrected chi connectivity index (χ3v) is 6.34. The normalized spacial score (nSPS) is 11.4. The van der Waals surface area contributed by atoms with Gasteiger partial charge in [-0.15, -0.1) is 0 Å². The summed E-state index contributed by atoms with van der Waals surface area (Å²) in [5, 5.41) is 0. The highest BCUT2D eigenvalue weighted by molar-refractivity contribution is 5.77. The molecule has 0 amide bonds. The molecule has 7 aromatic rings. The fourth-order valence-electron chi connectivity index (χ4n) is 4.45. The highest BCUT2D eigenvalue weighted by Gasteiger charge is 2.13. The van der Waals surface area contributed by atoms with Crippen molar-refractivity contribution in [3.63, 3.8) is 0 Å². The van der Waals surface area contributed by atoms with E-state index in [0.29, 0.717) is 34.2 Å². The van der Waals surface area contributed by atoms with Crippen molar-refractivity contribution in [2.24, 2.45) is 0 Å². The van der Waals surface area contributed by atoms with Gasteiger partial charge in [0.2, 0.25) is 11.8 Å². The van der Waals surface area contributed by atoms with Crippen LogP contribution < -0.4 is 0 Å². The average molecular weight is 496 g/mol. The van der Waals surface area contributed by atoms with Gasteiger partial charge < -0.3 is 8.83 Å². The molecule has 0 bridgehead atoms. The molecule has 5 aromatic heterocycles. The van der Waals surface area contributed by atoms with E-state index in [1.54, 1.807) is 0 Å². The van der Waals surface area contributed by atoms with Gasteiger partial charge in [-0.1, -0.05) is 30.3 Å². The standard InChI is InChI=1S/C31H21N5O2/c1-18-12-14-26-28(32-18)35-30(37-26)22-8-3-6-20(16-22)24-10-5-11-25(34-24)21-7-4-9-23(17-21)31-36-29-27(38-31)15-13-19(2)33-29/h3-17H,1-2H3. The Labute approximate surface area is 217 Å². The first-order valence-corrected chi connectivity index (χ1v) is 12.3. The molecule has 0 atom stereocenters. The van der Waals surface area contributed by atoms with Gasteiger partial charge in [-0.2, -0.15) is 9.97 Å². The van der Waals surface area contributed by atoms with E-state index < -0.39 is 0 Å². The monoisotopic (exact) mass is 495 g/mol. The van der Waals surface area contributed by atoms with Crippen LogP contribution in [-0.2, 0) is 0 Å². The topological polar surface area (TPSA) is 90.7 Å². The van der Waals surface area contributed by atoms with E-state index in [0.717, 1.165) is 45.0 Å². The Hall–Kier alpha value is -5.17. The van der Waals surface area contributed by atoms with E-state index in [1.165, 1.54) is 0 Å². The largest absolute Gasteiger partial charge is 0.434 e. The van der Waals surface area contributed by atoms with Crippen LogP contribution in [0.15, 0.2) is 99.8 Å². The van der Waals surface area contributed by atoms with Gasteiger partial charge in [0, 0.05) is 33.6 Å². The van der Waals surface area contributed by atoms with Gasteiger partial charge in [-0.25, -0.2) is 15.0 Å². The molecule has 0 aliphatic heterocycles. The lowest BCUT2D eigenvalue weighted by Gasteiger charge is -2.07. The predicted molar refractivity (Wildman–Crippen MR) is 146 cm³/mol. The first-order chi connectivity index (χ1) is 18.6. The van der Waals surface area contributed by atoms with E-state index in [4.69, 9.17) is 13.8 Å². The molecule has 0 N–H and O–H groups in total. The van der Waals surface area contributed by atoms with Crippen LogP contribution in [0.4, 0.5) is 0 Å². The number of nitrogens with zero attached hydrogens (tertiary/aromatic N) is 5. The molecule has 182 valence electrons. The van der Waals surface area contributed by atoms with E-state index in [2.05, 4.69) is 19.9 Å². The number of pyridine rings is 3. The Kier molecular flexibility index (Phi) is 5.07. The molecule has 7 heteroatoms. The van der Waals surface area contributed by atoms with Gasteiger partial charge in [-0.3, -0.25) is 0 Å². The van der Waals surface area contributed by atoms with Gasteiger partial charge in [0.1, 0.15) is 0 Å². The number of aryl methyl sites for hydroxylation is 2. The quantitative estimate of drug-likeness (QED) is 0.251. The molecule has 7 rings (SSSR count). The maximum Gasteiger partial charge on any atom is 0.228 e. The van der Waals surface area contributed by atoms with E-state index >= 15 is 0 Å². The van der Waals surface area contributed by atoms with Crippen molar-refractivity contribution in [2.45, 2.75) is 13.8 Å². The van der Waals surface area contributed by atoms with Crippen molar-refractivity contribution in [1.29, 1.82) is 0 Å². The third-order valence-electron chi connectivity index (χ3n) is 6.34. The Balaban J connectivity index is 1.23. The smallest absolute Gasteiger partial charge is 0.228 e. The van der Waals surface area contributed by atoms with Crippen LogP contribution in [0.3, 0.4) is 0 Å². The zero-order valence-corrected chi connectivity index (χ0v) is 20.7. The van der Waals surface area contributed by atoms with Crippen LogP contribution in [0.5, 0.6) is 0 Å². The fraction of sp³-hybridized carbons (Fsp3) is 0.0645. The number of benzene rings is 2. The summed E-state index contributed by atoms with van der Waals surface area (Å²) < 4.78 is 11.9. The second-order valence-corrected chi connectivity index (χ2v) is 9.16. The third kappa shape index (κ3) is 4.00. The lowest BCUT2D eigenvalue weighted by atomic mass is 10.0. The van der Waals surface area contributed by atoms with Crippen LogP contribution in [0.2, 0.25) is 0 Å². The Morgan fingerprint density at radius 2 is 0.895 bits per heavy atom. The Bertz CT molecular complexity index is 1830. The molecule has 0 aliphatic carbocycles. The highest BCUT2D eigenvalue weighted by atomic mass is 16.4. The summed E-state index contributed by atoms with van der Waals surface area (Å²) in [6, 6.07) is 29.7. The first kappa shape index (κ1) is 22.1. The number of fused-ring (bicyclic) bond motifs is 2. The molecule has 0 radical (unpaired) electrons. The first-order valence-electron chi connectivity index (χ1n) is 12.3. The molecule has 0 spiro atoms. The molecule has 0 saturated heterocycles. The lowest BCUT2D eigenvalue weighted by Crippen LogP contribution is -1.89. The summed E-state index contributed by atoms with van der Waals surface area (Å²) in [5.74, 6) is 1.07. The van der Waals surface area contributed by atoms with E-state index in [-0.39, 0.29) is 0 Å². The lowest BCUT2D eigenvalue weighted by molar-refractivity contribution is 0.619. The molecular weight excluding hydrogens is 474 g/mol. The van der Waals surface area contributed by atoms with Crippen molar-refractivity contribution in [3.05, 3.63) is 102 Å². The van der Waals surface area contributed by atoms with Crippen LogP contribution in [0.25, 0.3) is 67.9 Å². The van der Waals surface area contributed by atoms with Gasteiger partial charge in [0.05, 0.1) is 11.4 Å². The maximum atomic E-state index is 5.96. The van der Waals surface area contributed by atoms with Crippen LogP contribution in [0, 0.1) is 13.8 Å². The molecule has 38 heavy (non-hydrogen) atoms. The number of hydrogen-bond acceptors (Lipinski definition) is 7. The molecule has 5 heterocycles. The Morgan fingerprint density at radius 1 is 0.447 bits per heavy atom. The second-order valence-electron chi connectivity index (χ2n) is 9.16. The zero-order chi connectivity index (χ0) is 25.6. The van der Waals surface area contributed by atoms with Crippen LogP contribution >= 0.6 is 0 Å². The molecule has 7 nitrogen and oxygen atoms in total. The number of oxazole rings is 2. The maximum absolute atomic E-state index is 5.96. The van der Waals surface area contributed by atoms with Crippen molar-refractivity contribution >= 4 is 22.5 Å². The van der Waals surface area contributed by atoms with Gasteiger partial charge in [0.25, 0.3) is 0 Å². The molecular formula is C31H21N5O2. The molecule has 0 saturated carbocycles. The summed E-state index contributed by atoms with van der Waals surface area (Å²) in [4.78, 5) is 23.1. The second kappa shape index (κ2) is 8.74.